The highest BCUT2D eigenvalue weighted by atomic mass is 32.2. The number of hydrogen-bond acceptors (Lipinski definition) is 2. The SMILES string of the molecule is c1ccc(SCCNn2cccc2)cc1. The standard InChI is InChI=1S/C12H14N2S/c1-2-6-12(7-3-1)15-11-8-13-14-9-4-5-10-14/h1-7,9-10,13H,8,11H2. The minimum atomic E-state index is 0.967. The molecule has 15 heavy (non-hydrogen) atoms. The van der Waals surface area contributed by atoms with Crippen LogP contribution in [0.5, 0.6) is 0 Å². The van der Waals surface area contributed by atoms with Crippen molar-refractivity contribution < 1.29 is 0 Å². The summed E-state index contributed by atoms with van der Waals surface area (Å²) in [6.07, 6.45) is 4.01. The highest BCUT2D eigenvalue weighted by molar-refractivity contribution is 7.99. The Morgan fingerprint density at radius 3 is 2.47 bits per heavy atom. The third-order valence-electron chi connectivity index (χ3n) is 2.01. The maximum atomic E-state index is 3.29. The number of rotatable bonds is 5. The van der Waals surface area contributed by atoms with Gasteiger partial charge >= 0.3 is 0 Å². The zero-order valence-corrected chi connectivity index (χ0v) is 9.28. The summed E-state index contributed by atoms with van der Waals surface area (Å²) in [5.41, 5.74) is 3.29. The molecule has 1 aromatic heterocycles. The van der Waals surface area contributed by atoms with E-state index in [1.54, 1.807) is 0 Å². The fourth-order valence-corrected chi connectivity index (χ4v) is 2.08. The molecule has 0 unspecified atom stereocenters. The van der Waals surface area contributed by atoms with Gasteiger partial charge in [-0.1, -0.05) is 18.2 Å². The summed E-state index contributed by atoms with van der Waals surface area (Å²) in [4.78, 5) is 1.33. The van der Waals surface area contributed by atoms with Gasteiger partial charge in [-0.05, 0) is 24.3 Å². The third-order valence-corrected chi connectivity index (χ3v) is 3.03. The summed E-state index contributed by atoms with van der Waals surface area (Å²) in [5, 5.41) is 0. The Kier molecular flexibility index (Phi) is 3.74. The van der Waals surface area contributed by atoms with Crippen LogP contribution in [0.1, 0.15) is 0 Å². The summed E-state index contributed by atoms with van der Waals surface area (Å²) < 4.78 is 1.98. The van der Waals surface area contributed by atoms with E-state index in [0.717, 1.165) is 12.3 Å². The second kappa shape index (κ2) is 5.51. The first-order chi connectivity index (χ1) is 7.45. The fourth-order valence-electron chi connectivity index (χ4n) is 1.30. The van der Waals surface area contributed by atoms with E-state index < -0.39 is 0 Å². The molecule has 0 fully saturated rings. The maximum absolute atomic E-state index is 3.29. The van der Waals surface area contributed by atoms with Crippen molar-refractivity contribution in [3.63, 3.8) is 0 Å². The normalized spacial score (nSPS) is 10.1. The minimum absolute atomic E-state index is 0.967. The van der Waals surface area contributed by atoms with Gasteiger partial charge in [-0.3, -0.25) is 4.68 Å². The molecule has 0 saturated heterocycles. The number of thioether (sulfide) groups is 1. The summed E-state index contributed by atoms with van der Waals surface area (Å²) in [5.74, 6) is 1.07. The van der Waals surface area contributed by atoms with Gasteiger partial charge in [-0.25, -0.2) is 0 Å². The van der Waals surface area contributed by atoms with Crippen molar-refractivity contribution >= 4 is 11.8 Å². The third kappa shape index (κ3) is 3.36. The molecular formula is C12H14N2S. The molecule has 1 N–H and O–H groups in total. The molecule has 0 aliphatic heterocycles. The quantitative estimate of drug-likeness (QED) is 0.614. The smallest absolute Gasteiger partial charge is 0.0408 e. The van der Waals surface area contributed by atoms with Crippen molar-refractivity contribution in [1.82, 2.24) is 4.68 Å². The van der Waals surface area contributed by atoms with Crippen LogP contribution in [-0.4, -0.2) is 17.0 Å². The van der Waals surface area contributed by atoms with Crippen molar-refractivity contribution in [3.8, 4) is 0 Å². The average molecular weight is 218 g/mol. The van der Waals surface area contributed by atoms with Crippen molar-refractivity contribution in [2.75, 3.05) is 17.7 Å². The van der Waals surface area contributed by atoms with Crippen LogP contribution in [0.3, 0.4) is 0 Å². The maximum Gasteiger partial charge on any atom is 0.0408 e. The van der Waals surface area contributed by atoms with E-state index in [9.17, 15) is 0 Å². The van der Waals surface area contributed by atoms with Crippen LogP contribution < -0.4 is 5.43 Å². The van der Waals surface area contributed by atoms with E-state index in [4.69, 9.17) is 0 Å². The molecule has 0 radical (unpaired) electrons. The van der Waals surface area contributed by atoms with Gasteiger partial charge in [-0.2, -0.15) is 0 Å². The van der Waals surface area contributed by atoms with Crippen molar-refractivity contribution in [2.45, 2.75) is 4.90 Å². The predicted octanol–water partition coefficient (Wildman–Crippen LogP) is 2.82. The zero-order valence-electron chi connectivity index (χ0n) is 8.47. The van der Waals surface area contributed by atoms with E-state index in [1.165, 1.54) is 4.90 Å². The van der Waals surface area contributed by atoms with Crippen molar-refractivity contribution in [3.05, 3.63) is 54.9 Å². The molecule has 1 heterocycles. The molecule has 1 aromatic carbocycles. The molecule has 2 nitrogen and oxygen atoms in total. The Balaban J connectivity index is 1.68. The van der Waals surface area contributed by atoms with Gasteiger partial charge in [0.25, 0.3) is 0 Å². The minimum Gasteiger partial charge on any atom is -0.326 e. The molecule has 0 aliphatic rings. The number of nitrogens with one attached hydrogen (secondary N) is 1. The van der Waals surface area contributed by atoms with Gasteiger partial charge in [0.15, 0.2) is 0 Å². The first kappa shape index (κ1) is 10.2. The molecule has 78 valence electrons. The number of nitrogens with zero attached hydrogens (tertiary/aromatic N) is 1. The molecule has 2 rings (SSSR count). The van der Waals surface area contributed by atoms with Crippen LogP contribution in [0.4, 0.5) is 0 Å². The van der Waals surface area contributed by atoms with Crippen molar-refractivity contribution in [1.29, 1.82) is 0 Å². The molecule has 0 spiro atoms. The van der Waals surface area contributed by atoms with E-state index in [0.29, 0.717) is 0 Å². The largest absolute Gasteiger partial charge is 0.326 e. The van der Waals surface area contributed by atoms with Crippen LogP contribution in [0.2, 0.25) is 0 Å². The summed E-state index contributed by atoms with van der Waals surface area (Å²) in [6.45, 7) is 0.967. The second-order valence-corrected chi connectivity index (χ2v) is 4.33. The van der Waals surface area contributed by atoms with E-state index in [2.05, 4.69) is 29.7 Å². The number of benzene rings is 1. The lowest BCUT2D eigenvalue weighted by Gasteiger charge is -2.06. The van der Waals surface area contributed by atoms with Gasteiger partial charge in [-0.15, -0.1) is 11.8 Å². The molecule has 0 amide bonds. The van der Waals surface area contributed by atoms with Crippen LogP contribution >= 0.6 is 11.8 Å². The van der Waals surface area contributed by atoms with E-state index in [1.807, 2.05) is 47.0 Å². The van der Waals surface area contributed by atoms with Gasteiger partial charge < -0.3 is 5.43 Å². The van der Waals surface area contributed by atoms with Gasteiger partial charge in [0, 0.05) is 29.6 Å². The highest BCUT2D eigenvalue weighted by Crippen LogP contribution is 2.15. The first-order valence-electron chi connectivity index (χ1n) is 5.00. The number of hydrogen-bond donors (Lipinski definition) is 1. The molecule has 2 aromatic rings. The van der Waals surface area contributed by atoms with E-state index in [-0.39, 0.29) is 0 Å². The van der Waals surface area contributed by atoms with Gasteiger partial charge in [0.1, 0.15) is 0 Å². The first-order valence-corrected chi connectivity index (χ1v) is 5.98. The van der Waals surface area contributed by atoms with Crippen molar-refractivity contribution in [2.24, 2.45) is 0 Å². The second-order valence-electron chi connectivity index (χ2n) is 3.16. The Hall–Kier alpha value is -1.35. The molecule has 0 bridgehead atoms. The van der Waals surface area contributed by atoms with Gasteiger partial charge in [0.05, 0.1) is 0 Å². The topological polar surface area (TPSA) is 17.0 Å². The highest BCUT2D eigenvalue weighted by Gasteiger charge is 1.91. The monoisotopic (exact) mass is 218 g/mol. The molecular weight excluding hydrogens is 204 g/mol. The lowest BCUT2D eigenvalue weighted by Crippen LogP contribution is -2.15. The van der Waals surface area contributed by atoms with E-state index >= 15 is 0 Å². The molecule has 0 saturated carbocycles. The zero-order chi connectivity index (χ0) is 10.3. The average Bonchev–Trinajstić information content (AvgIpc) is 2.79. The molecule has 0 aliphatic carbocycles. The van der Waals surface area contributed by atoms with Gasteiger partial charge in [0.2, 0.25) is 0 Å². The lowest BCUT2D eigenvalue weighted by molar-refractivity contribution is 0.876. The summed E-state index contributed by atoms with van der Waals surface area (Å²) in [6, 6.07) is 14.5. The number of aromatic nitrogens is 1. The molecule has 0 atom stereocenters. The molecule has 3 heteroatoms. The Morgan fingerprint density at radius 2 is 1.73 bits per heavy atom. The summed E-state index contributed by atoms with van der Waals surface area (Å²) in [7, 11) is 0. The van der Waals surface area contributed by atoms with Crippen LogP contribution in [0, 0.1) is 0 Å². The summed E-state index contributed by atoms with van der Waals surface area (Å²) >= 11 is 1.87. The van der Waals surface area contributed by atoms with Crippen LogP contribution in [-0.2, 0) is 0 Å². The Bertz CT molecular complexity index is 370. The lowest BCUT2D eigenvalue weighted by atomic mass is 10.4. The van der Waals surface area contributed by atoms with Crippen LogP contribution in [0.25, 0.3) is 0 Å². The predicted molar refractivity (Wildman–Crippen MR) is 65.8 cm³/mol. The Morgan fingerprint density at radius 1 is 1.00 bits per heavy atom. The fraction of sp³-hybridized carbons (Fsp3) is 0.167. The Labute approximate surface area is 94.3 Å². The van der Waals surface area contributed by atoms with Crippen LogP contribution in [0.15, 0.2) is 59.8 Å².